The number of carbonyl (C=O) groups excluding carboxylic acids is 2. The number of carbonyl (C=O) groups is 2. The van der Waals surface area contributed by atoms with Crippen molar-refractivity contribution in [3.05, 3.63) is 0 Å². The summed E-state index contributed by atoms with van der Waals surface area (Å²) in [4.78, 5) is 25.2. The van der Waals surface area contributed by atoms with Gasteiger partial charge in [0.1, 0.15) is 6.04 Å². The molecule has 2 N–H and O–H groups in total. The van der Waals surface area contributed by atoms with Gasteiger partial charge in [-0.15, -0.1) is 0 Å². The van der Waals surface area contributed by atoms with Gasteiger partial charge in [0.05, 0.1) is 6.61 Å². The highest BCUT2D eigenvalue weighted by molar-refractivity contribution is 5.81. The van der Waals surface area contributed by atoms with Crippen LogP contribution in [-0.4, -0.2) is 62.7 Å². The number of nitrogens with zero attached hydrogens (tertiary/aromatic N) is 1. The van der Waals surface area contributed by atoms with Crippen LogP contribution in [0.1, 0.15) is 32.6 Å². The quantitative estimate of drug-likeness (QED) is 0.490. The molecule has 20 heavy (non-hydrogen) atoms. The molecule has 1 amide bonds. The number of hydrogen-bond donors (Lipinski definition) is 2. The molecule has 1 aliphatic rings. The van der Waals surface area contributed by atoms with E-state index in [9.17, 15) is 9.59 Å². The van der Waals surface area contributed by atoms with E-state index < -0.39 is 0 Å². The van der Waals surface area contributed by atoms with E-state index in [1.54, 1.807) is 7.05 Å². The molecule has 1 unspecified atom stereocenters. The molecule has 0 aromatic heterocycles. The van der Waals surface area contributed by atoms with E-state index in [1.807, 2.05) is 6.92 Å². The van der Waals surface area contributed by atoms with Gasteiger partial charge in [-0.2, -0.15) is 0 Å². The number of hydrogen-bond acceptors (Lipinski definition) is 5. The Balaban J connectivity index is 2.19. The molecule has 1 fully saturated rings. The highest BCUT2D eigenvalue weighted by atomic mass is 16.5. The molecule has 1 saturated heterocycles. The first-order chi connectivity index (χ1) is 9.69. The second-order valence-corrected chi connectivity index (χ2v) is 4.99. The molecule has 0 saturated carbocycles. The summed E-state index contributed by atoms with van der Waals surface area (Å²) in [5.74, 6) is -0.0402. The summed E-state index contributed by atoms with van der Waals surface area (Å²) < 4.78 is 4.89. The lowest BCUT2D eigenvalue weighted by Crippen LogP contribution is -2.57. The highest BCUT2D eigenvalue weighted by Crippen LogP contribution is 2.08. The molecule has 1 heterocycles. The van der Waals surface area contributed by atoms with Gasteiger partial charge >= 0.3 is 5.97 Å². The zero-order chi connectivity index (χ0) is 14.8. The van der Waals surface area contributed by atoms with Gasteiger partial charge in [-0.1, -0.05) is 6.42 Å². The number of unbranched alkanes of at least 4 members (excludes halogenated alkanes) is 2. The minimum atomic E-state index is -0.113. The van der Waals surface area contributed by atoms with E-state index in [2.05, 4.69) is 15.5 Å². The Hall–Kier alpha value is -1.14. The maximum Gasteiger partial charge on any atom is 0.305 e. The van der Waals surface area contributed by atoms with E-state index in [4.69, 9.17) is 4.74 Å². The first kappa shape index (κ1) is 16.9. The Morgan fingerprint density at radius 1 is 1.35 bits per heavy atom. The average Bonchev–Trinajstić information content (AvgIpc) is 2.47. The average molecular weight is 285 g/mol. The molecule has 116 valence electrons. The third-order valence-electron chi connectivity index (χ3n) is 3.53. The van der Waals surface area contributed by atoms with Crippen molar-refractivity contribution in [1.82, 2.24) is 15.5 Å². The summed E-state index contributed by atoms with van der Waals surface area (Å²) in [5.41, 5.74) is 0. The number of nitrogens with one attached hydrogen (secondary N) is 2. The summed E-state index contributed by atoms with van der Waals surface area (Å²) in [7, 11) is 1.68. The van der Waals surface area contributed by atoms with Crippen LogP contribution in [0.5, 0.6) is 0 Å². The zero-order valence-electron chi connectivity index (χ0n) is 12.6. The molecular formula is C14H27N3O3. The van der Waals surface area contributed by atoms with Crippen molar-refractivity contribution in [2.45, 2.75) is 38.6 Å². The fraction of sp³-hybridized carbons (Fsp3) is 0.857. The van der Waals surface area contributed by atoms with Crippen molar-refractivity contribution < 1.29 is 14.3 Å². The molecule has 1 rings (SSSR count). The van der Waals surface area contributed by atoms with Crippen LogP contribution in [-0.2, 0) is 14.3 Å². The topological polar surface area (TPSA) is 70.7 Å². The standard InChI is InChI=1S/C14H27N3O3/c1-3-20-13(18)7-5-4-6-9-17-10-8-16-11-12(17)14(19)15-2/h12,16H,3-11H2,1-2H3,(H,15,19). The van der Waals surface area contributed by atoms with E-state index >= 15 is 0 Å². The summed E-state index contributed by atoms with van der Waals surface area (Å²) in [5, 5.41) is 5.96. The summed E-state index contributed by atoms with van der Waals surface area (Å²) >= 11 is 0. The van der Waals surface area contributed by atoms with Gasteiger partial charge in [0.2, 0.25) is 5.91 Å². The first-order valence-electron chi connectivity index (χ1n) is 7.51. The Labute approximate surface area is 121 Å². The highest BCUT2D eigenvalue weighted by Gasteiger charge is 2.27. The lowest BCUT2D eigenvalue weighted by atomic mass is 10.1. The van der Waals surface area contributed by atoms with Crippen LogP contribution in [0.2, 0.25) is 0 Å². The predicted octanol–water partition coefficient (Wildman–Crippen LogP) is 0.130. The van der Waals surface area contributed by atoms with Crippen LogP contribution in [0.25, 0.3) is 0 Å². The molecule has 0 radical (unpaired) electrons. The van der Waals surface area contributed by atoms with Gasteiger partial charge in [-0.3, -0.25) is 14.5 Å². The lowest BCUT2D eigenvalue weighted by molar-refractivity contribution is -0.143. The number of amides is 1. The van der Waals surface area contributed by atoms with Gasteiger partial charge in [0.15, 0.2) is 0 Å². The van der Waals surface area contributed by atoms with E-state index in [0.717, 1.165) is 38.9 Å². The van der Waals surface area contributed by atoms with Crippen LogP contribution < -0.4 is 10.6 Å². The van der Waals surface area contributed by atoms with Crippen molar-refractivity contribution in [1.29, 1.82) is 0 Å². The largest absolute Gasteiger partial charge is 0.466 e. The van der Waals surface area contributed by atoms with Gasteiger partial charge in [-0.05, 0) is 26.3 Å². The van der Waals surface area contributed by atoms with Crippen molar-refractivity contribution in [3.63, 3.8) is 0 Å². The minimum absolute atomic E-state index is 0.0705. The lowest BCUT2D eigenvalue weighted by Gasteiger charge is -2.34. The molecule has 6 heteroatoms. The molecule has 0 aromatic rings. The molecule has 0 aromatic carbocycles. The Kier molecular flexibility index (Phi) is 8.22. The summed E-state index contributed by atoms with van der Waals surface area (Å²) in [6.07, 6.45) is 3.35. The van der Waals surface area contributed by atoms with E-state index in [1.165, 1.54) is 0 Å². The third-order valence-corrected chi connectivity index (χ3v) is 3.53. The molecule has 0 aliphatic carbocycles. The van der Waals surface area contributed by atoms with Gasteiger partial charge in [-0.25, -0.2) is 0 Å². The number of esters is 1. The van der Waals surface area contributed by atoms with Crippen molar-refractivity contribution >= 4 is 11.9 Å². The van der Waals surface area contributed by atoms with Crippen molar-refractivity contribution in [2.75, 3.05) is 39.8 Å². The number of likely N-dealkylation sites (N-methyl/N-ethyl adjacent to an activating group) is 1. The monoisotopic (exact) mass is 285 g/mol. The van der Waals surface area contributed by atoms with Crippen LogP contribution in [0.4, 0.5) is 0 Å². The van der Waals surface area contributed by atoms with Gasteiger partial charge in [0.25, 0.3) is 0 Å². The SMILES string of the molecule is CCOC(=O)CCCCCN1CCNCC1C(=O)NC. The first-order valence-corrected chi connectivity index (χ1v) is 7.51. The molecule has 0 spiro atoms. The zero-order valence-corrected chi connectivity index (χ0v) is 12.6. The van der Waals surface area contributed by atoms with Crippen LogP contribution >= 0.6 is 0 Å². The molecular weight excluding hydrogens is 258 g/mol. The van der Waals surface area contributed by atoms with E-state index in [0.29, 0.717) is 19.6 Å². The number of rotatable bonds is 8. The minimum Gasteiger partial charge on any atom is -0.466 e. The maximum absolute atomic E-state index is 11.8. The van der Waals surface area contributed by atoms with Crippen LogP contribution in [0.3, 0.4) is 0 Å². The molecule has 1 aliphatic heterocycles. The summed E-state index contributed by atoms with van der Waals surface area (Å²) in [6.45, 7) is 5.71. The summed E-state index contributed by atoms with van der Waals surface area (Å²) in [6, 6.07) is -0.0705. The Bertz CT molecular complexity index is 310. The fourth-order valence-electron chi connectivity index (χ4n) is 2.43. The van der Waals surface area contributed by atoms with Gasteiger partial charge < -0.3 is 15.4 Å². The Morgan fingerprint density at radius 3 is 2.85 bits per heavy atom. The van der Waals surface area contributed by atoms with Crippen LogP contribution in [0, 0.1) is 0 Å². The molecule has 6 nitrogen and oxygen atoms in total. The third kappa shape index (κ3) is 5.88. The van der Waals surface area contributed by atoms with E-state index in [-0.39, 0.29) is 17.9 Å². The second kappa shape index (κ2) is 9.72. The maximum atomic E-state index is 11.8. The normalized spacial score (nSPS) is 19.6. The fourth-order valence-corrected chi connectivity index (χ4v) is 2.43. The molecule has 0 bridgehead atoms. The smallest absolute Gasteiger partial charge is 0.305 e. The molecule has 1 atom stereocenters. The number of ether oxygens (including phenoxy) is 1. The Morgan fingerprint density at radius 2 is 2.15 bits per heavy atom. The van der Waals surface area contributed by atoms with Gasteiger partial charge in [0, 0.05) is 33.1 Å². The van der Waals surface area contributed by atoms with Crippen LogP contribution in [0.15, 0.2) is 0 Å². The number of piperazine rings is 1. The van der Waals surface area contributed by atoms with Crippen molar-refractivity contribution in [2.24, 2.45) is 0 Å². The van der Waals surface area contributed by atoms with Crippen molar-refractivity contribution in [3.8, 4) is 0 Å². The second-order valence-electron chi connectivity index (χ2n) is 4.99. The predicted molar refractivity (Wildman–Crippen MR) is 77.4 cm³/mol.